The quantitative estimate of drug-likeness (QED) is 0.768. The highest BCUT2D eigenvalue weighted by molar-refractivity contribution is 5.91. The zero-order chi connectivity index (χ0) is 12.1. The Morgan fingerprint density at radius 3 is 3.00 bits per heavy atom. The van der Waals surface area contributed by atoms with Crippen LogP contribution in [0.1, 0.15) is 0 Å². The van der Waals surface area contributed by atoms with Crippen LogP contribution in [0.5, 0.6) is 0 Å². The van der Waals surface area contributed by atoms with E-state index in [0.717, 1.165) is 13.1 Å². The molecule has 0 bridgehead atoms. The van der Waals surface area contributed by atoms with Crippen LogP contribution in [0.3, 0.4) is 0 Å². The molecule has 0 spiro atoms. The molecule has 0 aromatic carbocycles. The van der Waals surface area contributed by atoms with Crippen molar-refractivity contribution in [2.24, 2.45) is 0 Å². The van der Waals surface area contributed by atoms with Crippen LogP contribution in [0.2, 0.25) is 0 Å². The van der Waals surface area contributed by atoms with E-state index in [1.165, 1.54) is 0 Å². The van der Waals surface area contributed by atoms with Crippen molar-refractivity contribution in [3.05, 3.63) is 18.3 Å². The van der Waals surface area contributed by atoms with Crippen LogP contribution in [0, 0.1) is 0 Å². The zero-order valence-corrected chi connectivity index (χ0v) is 9.56. The second-order valence-corrected chi connectivity index (χ2v) is 3.91. The largest absolute Gasteiger partial charge is 0.399 e. The molecule has 1 aromatic rings. The summed E-state index contributed by atoms with van der Waals surface area (Å²) in [4.78, 5) is 17.8. The fraction of sp³-hybridized carbons (Fsp3) is 0.455. The number of ether oxygens (including phenoxy) is 1. The number of hydrogen-bond donors (Lipinski definition) is 2. The van der Waals surface area contributed by atoms with Gasteiger partial charge in [-0.1, -0.05) is 0 Å². The number of rotatable bonds is 3. The Morgan fingerprint density at radius 1 is 1.53 bits per heavy atom. The first kappa shape index (κ1) is 11.8. The number of nitrogen functional groups attached to an aromatic ring is 1. The molecule has 2 rings (SSSR count). The minimum atomic E-state index is -0.0787. The number of nitrogens with zero attached hydrogens (tertiary/aromatic N) is 2. The minimum Gasteiger partial charge on any atom is -0.399 e. The summed E-state index contributed by atoms with van der Waals surface area (Å²) in [6.45, 7) is 3.31. The molecule has 0 saturated carbocycles. The molecule has 1 saturated heterocycles. The molecule has 1 fully saturated rings. The van der Waals surface area contributed by atoms with Crippen LogP contribution in [-0.4, -0.2) is 48.6 Å². The normalized spacial score (nSPS) is 16.7. The van der Waals surface area contributed by atoms with Crippen molar-refractivity contribution in [2.75, 3.05) is 43.9 Å². The summed E-state index contributed by atoms with van der Waals surface area (Å²) in [6, 6.07) is 3.31. The molecule has 6 heteroatoms. The molecule has 0 unspecified atom stereocenters. The van der Waals surface area contributed by atoms with Gasteiger partial charge in [0.15, 0.2) is 0 Å². The van der Waals surface area contributed by atoms with Crippen molar-refractivity contribution < 1.29 is 9.53 Å². The lowest BCUT2D eigenvalue weighted by Gasteiger charge is -2.25. The van der Waals surface area contributed by atoms with Gasteiger partial charge in [-0.2, -0.15) is 0 Å². The van der Waals surface area contributed by atoms with Crippen LogP contribution in [0.25, 0.3) is 0 Å². The number of hydrogen-bond acceptors (Lipinski definition) is 5. The number of nitrogens with one attached hydrogen (secondary N) is 1. The maximum absolute atomic E-state index is 11.7. The lowest BCUT2D eigenvalue weighted by Crippen LogP contribution is -2.41. The summed E-state index contributed by atoms with van der Waals surface area (Å²) in [7, 11) is 0. The molecule has 2 heterocycles. The molecule has 1 aromatic heterocycles. The number of pyridine rings is 1. The number of aromatic nitrogens is 1. The Balaban J connectivity index is 1.84. The summed E-state index contributed by atoms with van der Waals surface area (Å²) in [5.41, 5.74) is 6.19. The van der Waals surface area contributed by atoms with Gasteiger partial charge in [0.05, 0.1) is 19.8 Å². The molecule has 1 aliphatic rings. The first-order valence-corrected chi connectivity index (χ1v) is 5.55. The van der Waals surface area contributed by atoms with Gasteiger partial charge in [-0.05, 0) is 6.07 Å². The summed E-state index contributed by atoms with van der Waals surface area (Å²) in [6.07, 6.45) is 1.57. The minimum absolute atomic E-state index is 0.0787. The molecule has 3 N–H and O–H groups in total. The van der Waals surface area contributed by atoms with Crippen molar-refractivity contribution in [1.82, 2.24) is 9.88 Å². The predicted molar refractivity (Wildman–Crippen MR) is 64.5 cm³/mol. The number of morpholine rings is 1. The Kier molecular flexibility index (Phi) is 3.89. The van der Waals surface area contributed by atoms with Gasteiger partial charge in [0.1, 0.15) is 5.82 Å². The Hall–Kier alpha value is -1.66. The highest BCUT2D eigenvalue weighted by Crippen LogP contribution is 2.07. The summed E-state index contributed by atoms with van der Waals surface area (Å²) in [5.74, 6) is 0.410. The van der Waals surface area contributed by atoms with E-state index < -0.39 is 0 Å². The second-order valence-electron chi connectivity index (χ2n) is 3.91. The molecule has 0 aliphatic carbocycles. The monoisotopic (exact) mass is 236 g/mol. The highest BCUT2D eigenvalue weighted by atomic mass is 16.5. The summed E-state index contributed by atoms with van der Waals surface area (Å²) < 4.78 is 5.21. The molecule has 17 heavy (non-hydrogen) atoms. The Labute approximate surface area is 99.8 Å². The molecular weight excluding hydrogens is 220 g/mol. The van der Waals surface area contributed by atoms with Gasteiger partial charge in [-0.15, -0.1) is 0 Å². The first-order valence-electron chi connectivity index (χ1n) is 5.55. The van der Waals surface area contributed by atoms with Crippen molar-refractivity contribution in [2.45, 2.75) is 0 Å². The van der Waals surface area contributed by atoms with Crippen molar-refractivity contribution in [3.8, 4) is 0 Å². The molecule has 0 radical (unpaired) electrons. The van der Waals surface area contributed by atoms with E-state index in [9.17, 15) is 4.79 Å². The Morgan fingerprint density at radius 2 is 2.29 bits per heavy atom. The van der Waals surface area contributed by atoms with E-state index >= 15 is 0 Å². The van der Waals surface area contributed by atoms with Gasteiger partial charge >= 0.3 is 0 Å². The molecule has 0 atom stereocenters. The third-order valence-electron chi connectivity index (χ3n) is 2.52. The van der Waals surface area contributed by atoms with Crippen LogP contribution in [0.4, 0.5) is 11.5 Å². The first-order chi connectivity index (χ1) is 8.24. The third kappa shape index (κ3) is 3.69. The zero-order valence-electron chi connectivity index (χ0n) is 9.56. The predicted octanol–water partition coefficient (Wildman–Crippen LogP) is -0.0655. The van der Waals surface area contributed by atoms with E-state index in [2.05, 4.69) is 10.3 Å². The maximum Gasteiger partial charge on any atom is 0.239 e. The standard InChI is InChI=1S/C11H16N4O2/c12-9-1-2-13-10(7-9)14-11(16)8-15-3-5-17-6-4-15/h1-2,7H,3-6,8H2,(H3,12,13,14,16). The van der Waals surface area contributed by atoms with Crippen LogP contribution >= 0.6 is 0 Å². The van der Waals surface area contributed by atoms with Gasteiger partial charge in [0.25, 0.3) is 0 Å². The molecule has 1 amide bonds. The van der Waals surface area contributed by atoms with Crippen molar-refractivity contribution in [3.63, 3.8) is 0 Å². The lowest BCUT2D eigenvalue weighted by molar-refractivity contribution is -0.118. The van der Waals surface area contributed by atoms with E-state index in [4.69, 9.17) is 10.5 Å². The average molecular weight is 236 g/mol. The van der Waals surface area contributed by atoms with Gasteiger partial charge in [0, 0.05) is 31.0 Å². The van der Waals surface area contributed by atoms with E-state index in [0.29, 0.717) is 31.3 Å². The topological polar surface area (TPSA) is 80.5 Å². The number of nitrogens with two attached hydrogens (primary N) is 1. The van der Waals surface area contributed by atoms with Gasteiger partial charge < -0.3 is 15.8 Å². The van der Waals surface area contributed by atoms with Crippen molar-refractivity contribution in [1.29, 1.82) is 0 Å². The fourth-order valence-corrected chi connectivity index (χ4v) is 1.66. The van der Waals surface area contributed by atoms with Crippen LogP contribution < -0.4 is 11.1 Å². The number of anilines is 2. The number of amides is 1. The van der Waals surface area contributed by atoms with Gasteiger partial charge in [-0.25, -0.2) is 4.98 Å². The lowest BCUT2D eigenvalue weighted by atomic mass is 10.3. The molecule has 6 nitrogen and oxygen atoms in total. The second kappa shape index (κ2) is 5.60. The van der Waals surface area contributed by atoms with Crippen molar-refractivity contribution >= 4 is 17.4 Å². The smallest absolute Gasteiger partial charge is 0.239 e. The van der Waals surface area contributed by atoms with Crippen LogP contribution in [-0.2, 0) is 9.53 Å². The number of carbonyl (C=O) groups excluding carboxylic acids is 1. The maximum atomic E-state index is 11.7. The van der Waals surface area contributed by atoms with Gasteiger partial charge in [-0.3, -0.25) is 9.69 Å². The van der Waals surface area contributed by atoms with E-state index in [-0.39, 0.29) is 5.91 Å². The fourth-order valence-electron chi connectivity index (χ4n) is 1.66. The Bertz CT molecular complexity index is 391. The van der Waals surface area contributed by atoms with E-state index in [1.807, 2.05) is 4.90 Å². The van der Waals surface area contributed by atoms with Gasteiger partial charge in [0.2, 0.25) is 5.91 Å². The molecule has 1 aliphatic heterocycles. The molecule has 92 valence electrons. The highest BCUT2D eigenvalue weighted by Gasteiger charge is 2.14. The van der Waals surface area contributed by atoms with Crippen LogP contribution in [0.15, 0.2) is 18.3 Å². The number of carbonyl (C=O) groups is 1. The average Bonchev–Trinajstić information content (AvgIpc) is 2.30. The van der Waals surface area contributed by atoms with E-state index in [1.54, 1.807) is 18.3 Å². The third-order valence-corrected chi connectivity index (χ3v) is 2.52. The SMILES string of the molecule is Nc1ccnc(NC(=O)CN2CCOCC2)c1. The summed E-state index contributed by atoms with van der Waals surface area (Å²) in [5, 5.41) is 2.72. The summed E-state index contributed by atoms with van der Waals surface area (Å²) >= 11 is 0. The molecular formula is C11H16N4O2.